The molecule has 1 amide bonds. The van der Waals surface area contributed by atoms with E-state index in [2.05, 4.69) is 6.92 Å². The molecule has 1 fully saturated rings. The van der Waals surface area contributed by atoms with Gasteiger partial charge in [-0.2, -0.15) is 0 Å². The molecule has 1 aromatic heterocycles. The van der Waals surface area contributed by atoms with E-state index in [4.69, 9.17) is 4.74 Å². The van der Waals surface area contributed by atoms with Gasteiger partial charge in [-0.3, -0.25) is 4.79 Å². The Morgan fingerprint density at radius 2 is 2.00 bits per heavy atom. The first-order valence-electron chi connectivity index (χ1n) is 7.87. The molecule has 3 nitrogen and oxygen atoms in total. The van der Waals surface area contributed by atoms with Crippen LogP contribution in [0.2, 0.25) is 0 Å². The van der Waals surface area contributed by atoms with Crippen LogP contribution in [0, 0.1) is 11.7 Å². The van der Waals surface area contributed by atoms with Gasteiger partial charge in [-0.05, 0) is 54.5 Å². The fraction of sp³-hybridized carbons (Fsp3) is 0.389. The van der Waals surface area contributed by atoms with Crippen LogP contribution in [0.3, 0.4) is 0 Å². The molecule has 0 radical (unpaired) electrons. The average molecular weight is 333 g/mol. The molecule has 1 saturated heterocycles. The summed E-state index contributed by atoms with van der Waals surface area (Å²) in [6, 6.07) is 7.84. The predicted octanol–water partition coefficient (Wildman–Crippen LogP) is 4.34. The quantitative estimate of drug-likeness (QED) is 0.833. The number of halogens is 1. The molecule has 0 spiro atoms. The van der Waals surface area contributed by atoms with Gasteiger partial charge in [0.1, 0.15) is 18.2 Å². The van der Waals surface area contributed by atoms with Gasteiger partial charge in [0, 0.05) is 18.7 Å². The summed E-state index contributed by atoms with van der Waals surface area (Å²) < 4.78 is 18.5. The van der Waals surface area contributed by atoms with Gasteiger partial charge in [0.2, 0.25) is 0 Å². The predicted molar refractivity (Wildman–Crippen MR) is 89.4 cm³/mol. The second kappa shape index (κ2) is 7.13. The number of nitrogens with zero attached hydrogens (tertiary/aromatic N) is 1. The number of rotatable bonds is 4. The highest BCUT2D eigenvalue weighted by atomic mass is 32.1. The lowest BCUT2D eigenvalue weighted by molar-refractivity contribution is 0.0702. The maximum absolute atomic E-state index is 12.8. The third-order valence-corrected chi connectivity index (χ3v) is 5.12. The Bertz CT molecular complexity index is 660. The highest BCUT2D eigenvalue weighted by Gasteiger charge is 2.22. The Kier molecular flexibility index (Phi) is 4.96. The molecular weight excluding hydrogens is 313 g/mol. The summed E-state index contributed by atoms with van der Waals surface area (Å²) in [5.74, 6) is 1.17. The van der Waals surface area contributed by atoms with Gasteiger partial charge in [-0.1, -0.05) is 6.92 Å². The number of likely N-dealkylation sites (tertiary alicyclic amines) is 1. The summed E-state index contributed by atoms with van der Waals surface area (Å²) in [6.45, 7) is 4.31. The largest absolute Gasteiger partial charge is 0.489 e. The van der Waals surface area contributed by atoms with Crippen molar-refractivity contribution in [2.75, 3.05) is 13.1 Å². The Morgan fingerprint density at radius 1 is 1.30 bits per heavy atom. The SMILES string of the molecule is CC1CCN(C(=O)c2cc(COc3ccc(F)cc3)cs2)CC1. The molecular formula is C18H20FNO2S. The van der Waals surface area contributed by atoms with Crippen molar-refractivity contribution >= 4 is 17.2 Å². The zero-order valence-corrected chi connectivity index (χ0v) is 13.9. The van der Waals surface area contributed by atoms with Gasteiger partial charge in [0.15, 0.2) is 0 Å². The van der Waals surface area contributed by atoms with Crippen molar-refractivity contribution in [3.8, 4) is 5.75 Å². The van der Waals surface area contributed by atoms with E-state index in [1.165, 1.54) is 23.5 Å². The number of amides is 1. The van der Waals surface area contributed by atoms with Gasteiger partial charge < -0.3 is 9.64 Å². The first kappa shape index (κ1) is 16.0. The molecule has 0 N–H and O–H groups in total. The summed E-state index contributed by atoms with van der Waals surface area (Å²) in [5.41, 5.74) is 0.966. The van der Waals surface area contributed by atoms with Gasteiger partial charge in [-0.25, -0.2) is 4.39 Å². The number of benzene rings is 1. The molecule has 2 aromatic rings. The maximum atomic E-state index is 12.8. The van der Waals surface area contributed by atoms with Gasteiger partial charge >= 0.3 is 0 Å². The van der Waals surface area contributed by atoms with E-state index in [-0.39, 0.29) is 11.7 Å². The van der Waals surface area contributed by atoms with Crippen LogP contribution in [-0.2, 0) is 6.61 Å². The number of piperidine rings is 1. The van der Waals surface area contributed by atoms with Gasteiger partial charge in [-0.15, -0.1) is 11.3 Å². The maximum Gasteiger partial charge on any atom is 0.263 e. The van der Waals surface area contributed by atoms with Crippen LogP contribution in [0.25, 0.3) is 0 Å². The molecule has 3 rings (SSSR count). The third-order valence-electron chi connectivity index (χ3n) is 4.15. The summed E-state index contributed by atoms with van der Waals surface area (Å²) in [7, 11) is 0. The number of thiophene rings is 1. The minimum absolute atomic E-state index is 0.120. The molecule has 2 heterocycles. The lowest BCUT2D eigenvalue weighted by atomic mass is 9.99. The Labute approximate surface area is 139 Å². The van der Waals surface area contributed by atoms with Crippen molar-refractivity contribution < 1.29 is 13.9 Å². The number of carbonyl (C=O) groups is 1. The zero-order chi connectivity index (χ0) is 16.2. The molecule has 1 aliphatic heterocycles. The van der Waals surface area contributed by atoms with E-state index >= 15 is 0 Å². The van der Waals surface area contributed by atoms with Gasteiger partial charge in [0.05, 0.1) is 4.88 Å². The smallest absolute Gasteiger partial charge is 0.263 e. The van der Waals surface area contributed by atoms with Crippen LogP contribution in [0.5, 0.6) is 5.75 Å². The van der Waals surface area contributed by atoms with Crippen molar-refractivity contribution in [3.05, 3.63) is 52.0 Å². The number of carbonyl (C=O) groups excluding carboxylic acids is 1. The Morgan fingerprint density at radius 3 is 2.70 bits per heavy atom. The monoisotopic (exact) mass is 333 g/mol. The second-order valence-corrected chi connectivity index (χ2v) is 6.95. The van der Waals surface area contributed by atoms with E-state index in [1.54, 1.807) is 12.1 Å². The third kappa shape index (κ3) is 4.10. The van der Waals surface area contributed by atoms with Crippen molar-refractivity contribution in [2.24, 2.45) is 5.92 Å². The van der Waals surface area contributed by atoms with Crippen LogP contribution in [0.1, 0.15) is 35.0 Å². The minimum atomic E-state index is -0.281. The summed E-state index contributed by atoms with van der Waals surface area (Å²) >= 11 is 1.46. The topological polar surface area (TPSA) is 29.5 Å². The first-order chi connectivity index (χ1) is 11.1. The highest BCUT2D eigenvalue weighted by Crippen LogP contribution is 2.23. The number of ether oxygens (including phenoxy) is 1. The molecule has 23 heavy (non-hydrogen) atoms. The fourth-order valence-corrected chi connectivity index (χ4v) is 3.49. The van der Waals surface area contributed by atoms with E-state index in [1.807, 2.05) is 16.3 Å². The molecule has 0 atom stereocenters. The molecule has 1 aliphatic rings. The minimum Gasteiger partial charge on any atom is -0.489 e. The molecule has 1 aromatic carbocycles. The van der Waals surface area contributed by atoms with Crippen LogP contribution in [0.4, 0.5) is 4.39 Å². The van der Waals surface area contributed by atoms with Crippen LogP contribution < -0.4 is 4.74 Å². The molecule has 122 valence electrons. The second-order valence-electron chi connectivity index (χ2n) is 6.04. The van der Waals surface area contributed by atoms with E-state index in [0.29, 0.717) is 18.3 Å². The molecule has 5 heteroatoms. The lowest BCUT2D eigenvalue weighted by Crippen LogP contribution is -2.37. The van der Waals surface area contributed by atoms with Crippen LogP contribution in [0.15, 0.2) is 35.7 Å². The van der Waals surface area contributed by atoms with Crippen molar-refractivity contribution in [2.45, 2.75) is 26.4 Å². The molecule has 0 unspecified atom stereocenters. The lowest BCUT2D eigenvalue weighted by Gasteiger charge is -2.29. The Balaban J connectivity index is 1.57. The van der Waals surface area contributed by atoms with E-state index in [9.17, 15) is 9.18 Å². The normalized spacial score (nSPS) is 15.7. The standard InChI is InChI=1S/C18H20FNO2S/c1-13-6-8-20(9-7-13)18(21)17-10-14(12-23-17)11-22-16-4-2-15(19)3-5-16/h2-5,10,12-13H,6-9,11H2,1H3. The van der Waals surface area contributed by atoms with E-state index in [0.717, 1.165) is 36.4 Å². The van der Waals surface area contributed by atoms with Crippen molar-refractivity contribution in [3.63, 3.8) is 0 Å². The zero-order valence-electron chi connectivity index (χ0n) is 13.1. The number of hydrogen-bond donors (Lipinski definition) is 0. The summed E-state index contributed by atoms with van der Waals surface area (Å²) in [5, 5.41) is 1.95. The molecule has 0 saturated carbocycles. The van der Waals surface area contributed by atoms with E-state index < -0.39 is 0 Å². The molecule has 0 aliphatic carbocycles. The Hall–Kier alpha value is -1.88. The first-order valence-corrected chi connectivity index (χ1v) is 8.75. The number of hydrogen-bond acceptors (Lipinski definition) is 3. The highest BCUT2D eigenvalue weighted by molar-refractivity contribution is 7.12. The van der Waals surface area contributed by atoms with Gasteiger partial charge in [0.25, 0.3) is 5.91 Å². The van der Waals surface area contributed by atoms with Crippen molar-refractivity contribution in [1.29, 1.82) is 0 Å². The summed E-state index contributed by atoms with van der Waals surface area (Å²) in [6.07, 6.45) is 2.16. The summed E-state index contributed by atoms with van der Waals surface area (Å²) in [4.78, 5) is 15.2. The average Bonchev–Trinajstić information content (AvgIpc) is 3.03. The fourth-order valence-electron chi connectivity index (χ4n) is 2.63. The van der Waals surface area contributed by atoms with Crippen molar-refractivity contribution in [1.82, 2.24) is 4.90 Å². The van der Waals surface area contributed by atoms with Crippen LogP contribution in [-0.4, -0.2) is 23.9 Å². The molecule has 0 bridgehead atoms. The van der Waals surface area contributed by atoms with Crippen LogP contribution >= 0.6 is 11.3 Å².